The van der Waals surface area contributed by atoms with Crippen molar-refractivity contribution in [3.8, 4) is 0 Å². The molecule has 0 spiro atoms. The van der Waals surface area contributed by atoms with Crippen molar-refractivity contribution in [3.05, 3.63) is 64.9 Å². The van der Waals surface area contributed by atoms with Gasteiger partial charge in [-0.25, -0.2) is 12.8 Å². The van der Waals surface area contributed by atoms with E-state index in [0.717, 1.165) is 17.7 Å². The third-order valence-corrected chi connectivity index (χ3v) is 6.73. The molecule has 1 fully saturated rings. The predicted octanol–water partition coefficient (Wildman–Crippen LogP) is 2.99. The van der Waals surface area contributed by atoms with E-state index in [1.54, 1.807) is 12.1 Å². The summed E-state index contributed by atoms with van der Waals surface area (Å²) in [6.07, 6.45) is 1.70. The van der Waals surface area contributed by atoms with Crippen LogP contribution in [-0.2, 0) is 21.2 Å². The van der Waals surface area contributed by atoms with E-state index in [0.29, 0.717) is 30.8 Å². The topological polar surface area (TPSA) is 66.5 Å². The van der Waals surface area contributed by atoms with E-state index in [4.69, 9.17) is 11.6 Å². The Morgan fingerprint density at radius 3 is 2.48 bits per heavy atom. The average molecular weight is 411 g/mol. The van der Waals surface area contributed by atoms with Gasteiger partial charge in [0.25, 0.3) is 0 Å². The summed E-state index contributed by atoms with van der Waals surface area (Å²) in [6.45, 7) is 0.677. The highest BCUT2D eigenvalue weighted by Gasteiger charge is 2.39. The van der Waals surface area contributed by atoms with Gasteiger partial charge < -0.3 is 5.32 Å². The van der Waals surface area contributed by atoms with Crippen molar-refractivity contribution >= 4 is 27.5 Å². The van der Waals surface area contributed by atoms with Crippen LogP contribution < -0.4 is 5.32 Å². The van der Waals surface area contributed by atoms with E-state index in [-0.39, 0.29) is 17.3 Å². The molecule has 1 N–H and O–H groups in total. The second kappa shape index (κ2) is 8.37. The van der Waals surface area contributed by atoms with E-state index in [1.807, 2.05) is 12.1 Å². The minimum Gasteiger partial charge on any atom is -0.354 e. The van der Waals surface area contributed by atoms with Gasteiger partial charge in [0.2, 0.25) is 15.9 Å². The van der Waals surface area contributed by atoms with Crippen LogP contribution in [0.3, 0.4) is 0 Å². The number of carbonyl (C=O) groups is 1. The maximum Gasteiger partial charge on any atom is 0.243 e. The molecule has 3 rings (SSSR count). The van der Waals surface area contributed by atoms with Gasteiger partial charge in [-0.2, -0.15) is 4.31 Å². The third-order valence-electron chi connectivity index (χ3n) is 4.55. The minimum atomic E-state index is -3.84. The van der Waals surface area contributed by atoms with E-state index < -0.39 is 21.9 Å². The molecule has 2 aromatic rings. The second-order valence-electron chi connectivity index (χ2n) is 6.40. The third kappa shape index (κ3) is 4.66. The summed E-state index contributed by atoms with van der Waals surface area (Å²) in [5.74, 6) is -0.820. The maximum atomic E-state index is 13.1. The van der Waals surface area contributed by atoms with Crippen LogP contribution in [0.5, 0.6) is 0 Å². The van der Waals surface area contributed by atoms with Crippen molar-refractivity contribution in [2.24, 2.45) is 0 Å². The van der Waals surface area contributed by atoms with Crippen molar-refractivity contribution in [1.29, 1.82) is 0 Å². The first-order chi connectivity index (χ1) is 12.9. The van der Waals surface area contributed by atoms with E-state index in [1.165, 1.54) is 16.4 Å². The SMILES string of the molecule is O=C(NCCc1ccc(Cl)cc1)[C@@H]1CCCN1S(=O)(=O)c1ccc(F)cc1. The van der Waals surface area contributed by atoms with Gasteiger partial charge in [-0.3, -0.25) is 4.79 Å². The molecule has 0 saturated carbocycles. The molecule has 144 valence electrons. The number of rotatable bonds is 6. The fourth-order valence-electron chi connectivity index (χ4n) is 3.13. The highest BCUT2D eigenvalue weighted by Crippen LogP contribution is 2.26. The lowest BCUT2D eigenvalue weighted by molar-refractivity contribution is -0.124. The largest absolute Gasteiger partial charge is 0.354 e. The smallest absolute Gasteiger partial charge is 0.243 e. The van der Waals surface area contributed by atoms with Crippen LogP contribution >= 0.6 is 11.6 Å². The Labute approximate surface area is 163 Å². The average Bonchev–Trinajstić information content (AvgIpc) is 3.14. The Morgan fingerprint density at radius 1 is 1.15 bits per heavy atom. The number of benzene rings is 2. The van der Waals surface area contributed by atoms with Crippen LogP contribution in [0.25, 0.3) is 0 Å². The van der Waals surface area contributed by atoms with E-state index in [9.17, 15) is 17.6 Å². The molecule has 0 aliphatic carbocycles. The molecule has 27 heavy (non-hydrogen) atoms. The van der Waals surface area contributed by atoms with Crippen molar-refractivity contribution in [2.75, 3.05) is 13.1 Å². The highest BCUT2D eigenvalue weighted by atomic mass is 35.5. The summed E-state index contributed by atoms with van der Waals surface area (Å²) in [6, 6.07) is 11.2. The number of carbonyl (C=O) groups excluding carboxylic acids is 1. The Morgan fingerprint density at radius 2 is 1.81 bits per heavy atom. The molecular formula is C19H20ClFN2O3S. The lowest BCUT2D eigenvalue weighted by Crippen LogP contribution is -2.46. The van der Waals surface area contributed by atoms with Crippen molar-refractivity contribution in [3.63, 3.8) is 0 Å². The Balaban J connectivity index is 1.63. The summed E-state index contributed by atoms with van der Waals surface area (Å²) in [7, 11) is -3.84. The Bertz CT molecular complexity index is 902. The monoisotopic (exact) mass is 410 g/mol. The summed E-state index contributed by atoms with van der Waals surface area (Å²) < 4.78 is 39.9. The van der Waals surface area contributed by atoms with Gasteiger partial charge >= 0.3 is 0 Å². The molecule has 0 unspecified atom stereocenters. The first-order valence-electron chi connectivity index (χ1n) is 8.67. The first kappa shape index (κ1) is 19.8. The molecule has 1 saturated heterocycles. The zero-order valence-corrected chi connectivity index (χ0v) is 16.1. The van der Waals surface area contributed by atoms with Gasteiger partial charge in [-0.1, -0.05) is 23.7 Å². The van der Waals surface area contributed by atoms with Crippen LogP contribution in [0.1, 0.15) is 18.4 Å². The van der Waals surface area contributed by atoms with Crippen LogP contribution in [0.2, 0.25) is 5.02 Å². The molecule has 1 amide bonds. The van der Waals surface area contributed by atoms with Crippen molar-refractivity contribution in [2.45, 2.75) is 30.2 Å². The molecule has 0 aromatic heterocycles. The molecule has 1 aliphatic rings. The summed E-state index contributed by atoms with van der Waals surface area (Å²) in [5, 5.41) is 3.46. The molecule has 1 aliphatic heterocycles. The van der Waals surface area contributed by atoms with Gasteiger partial charge in [0.15, 0.2) is 0 Å². The van der Waals surface area contributed by atoms with Crippen molar-refractivity contribution < 1.29 is 17.6 Å². The molecule has 0 bridgehead atoms. The number of halogens is 2. The van der Waals surface area contributed by atoms with E-state index >= 15 is 0 Å². The second-order valence-corrected chi connectivity index (χ2v) is 8.72. The Hall–Kier alpha value is -1.96. The van der Waals surface area contributed by atoms with Crippen LogP contribution in [0.15, 0.2) is 53.4 Å². The van der Waals surface area contributed by atoms with Crippen LogP contribution in [0, 0.1) is 5.82 Å². The lowest BCUT2D eigenvalue weighted by atomic mass is 10.1. The Kier molecular flexibility index (Phi) is 6.14. The number of hydrogen-bond donors (Lipinski definition) is 1. The molecule has 8 heteroatoms. The normalized spacial score (nSPS) is 17.8. The number of hydrogen-bond acceptors (Lipinski definition) is 3. The van der Waals surface area contributed by atoms with E-state index in [2.05, 4.69) is 5.32 Å². The zero-order valence-electron chi connectivity index (χ0n) is 14.6. The summed E-state index contributed by atoms with van der Waals surface area (Å²) in [4.78, 5) is 12.5. The molecule has 2 aromatic carbocycles. The maximum absolute atomic E-state index is 13.1. The summed E-state index contributed by atoms with van der Waals surface area (Å²) >= 11 is 5.85. The number of nitrogens with zero attached hydrogens (tertiary/aromatic N) is 1. The fourth-order valence-corrected chi connectivity index (χ4v) is 4.91. The highest BCUT2D eigenvalue weighted by molar-refractivity contribution is 7.89. The van der Waals surface area contributed by atoms with Gasteiger partial charge in [0.05, 0.1) is 4.90 Å². The van der Waals surface area contributed by atoms with Crippen LogP contribution in [0.4, 0.5) is 4.39 Å². The molecule has 5 nitrogen and oxygen atoms in total. The zero-order chi connectivity index (χ0) is 19.4. The predicted molar refractivity (Wildman–Crippen MR) is 101 cm³/mol. The van der Waals surface area contributed by atoms with Gasteiger partial charge in [-0.15, -0.1) is 0 Å². The van der Waals surface area contributed by atoms with Gasteiger partial charge in [-0.05, 0) is 61.2 Å². The number of nitrogens with one attached hydrogen (secondary N) is 1. The fraction of sp³-hybridized carbons (Fsp3) is 0.316. The summed E-state index contributed by atoms with van der Waals surface area (Å²) in [5.41, 5.74) is 1.03. The van der Waals surface area contributed by atoms with Gasteiger partial charge in [0, 0.05) is 18.1 Å². The first-order valence-corrected chi connectivity index (χ1v) is 10.5. The number of amides is 1. The van der Waals surface area contributed by atoms with Gasteiger partial charge in [0.1, 0.15) is 11.9 Å². The lowest BCUT2D eigenvalue weighted by Gasteiger charge is -2.23. The molecule has 1 heterocycles. The molecule has 0 radical (unpaired) electrons. The minimum absolute atomic E-state index is 0.00948. The van der Waals surface area contributed by atoms with Crippen molar-refractivity contribution in [1.82, 2.24) is 9.62 Å². The molecular weight excluding hydrogens is 391 g/mol. The number of sulfonamides is 1. The van der Waals surface area contributed by atoms with Crippen LogP contribution in [-0.4, -0.2) is 37.8 Å². The quantitative estimate of drug-likeness (QED) is 0.796. The molecule has 1 atom stereocenters. The standard InChI is InChI=1S/C19H20ClFN2O3S/c20-15-5-3-14(4-6-15)11-12-22-19(24)18-2-1-13-23(18)27(25,26)17-9-7-16(21)8-10-17/h3-10,18H,1-2,11-13H2,(H,22,24)/t18-/m0/s1.